The molecule has 0 aliphatic rings. The Hall–Kier alpha value is -1.81. The van der Waals surface area contributed by atoms with Crippen LogP contribution < -0.4 is 0 Å². The first-order valence-corrected chi connectivity index (χ1v) is 7.67. The van der Waals surface area contributed by atoms with Crippen molar-refractivity contribution in [1.29, 1.82) is 0 Å². The van der Waals surface area contributed by atoms with Gasteiger partial charge in [-0.2, -0.15) is 5.10 Å². The molecule has 21 heavy (non-hydrogen) atoms. The van der Waals surface area contributed by atoms with E-state index in [0.29, 0.717) is 5.15 Å². The number of unbranched alkanes of at least 4 members (excludes halogenated alkanes) is 1. The molecule has 1 aromatic carbocycles. The van der Waals surface area contributed by atoms with Crippen LogP contribution in [0.5, 0.6) is 0 Å². The number of nitrogens with one attached hydrogen (secondary N) is 1. The molecule has 3 rings (SSSR count). The van der Waals surface area contributed by atoms with Crippen molar-refractivity contribution in [2.24, 2.45) is 0 Å². The monoisotopic (exact) mass is 302 g/mol. The number of benzene rings is 1. The third kappa shape index (κ3) is 2.33. The molecule has 0 atom stereocenters. The van der Waals surface area contributed by atoms with E-state index in [1.165, 1.54) is 5.56 Å². The molecule has 2 heterocycles. The highest BCUT2D eigenvalue weighted by Crippen LogP contribution is 2.33. The molecule has 0 unspecified atom stereocenters. The third-order valence-electron chi connectivity index (χ3n) is 3.95. The molecule has 0 fully saturated rings. The van der Waals surface area contributed by atoms with Gasteiger partial charge in [0.1, 0.15) is 5.82 Å². The van der Waals surface area contributed by atoms with Crippen LogP contribution in [0, 0.1) is 13.8 Å². The lowest BCUT2D eigenvalue weighted by molar-refractivity contribution is 0.625. The molecule has 0 aliphatic heterocycles. The van der Waals surface area contributed by atoms with Crippen molar-refractivity contribution in [3.63, 3.8) is 0 Å². The van der Waals surface area contributed by atoms with Gasteiger partial charge in [0.25, 0.3) is 0 Å². The van der Waals surface area contributed by atoms with E-state index in [1.807, 2.05) is 13.1 Å². The molecule has 0 amide bonds. The second-order valence-corrected chi connectivity index (χ2v) is 5.76. The summed E-state index contributed by atoms with van der Waals surface area (Å²) in [5, 5.41) is 8.85. The molecule has 2 aromatic heterocycles. The Labute approximate surface area is 129 Å². The number of aromatic amines is 1. The summed E-state index contributed by atoms with van der Waals surface area (Å²) in [6, 6.07) is 4.15. The van der Waals surface area contributed by atoms with Gasteiger partial charge in [0.15, 0.2) is 5.15 Å². The van der Waals surface area contributed by atoms with Crippen molar-refractivity contribution in [2.45, 2.75) is 40.2 Å². The van der Waals surface area contributed by atoms with Crippen molar-refractivity contribution in [2.75, 3.05) is 0 Å². The Balaban J connectivity index is 2.25. The van der Waals surface area contributed by atoms with Crippen molar-refractivity contribution in [1.82, 2.24) is 19.7 Å². The van der Waals surface area contributed by atoms with Crippen molar-refractivity contribution >= 4 is 22.5 Å². The molecular formula is C16H19ClN4. The summed E-state index contributed by atoms with van der Waals surface area (Å²) >= 11 is 6.29. The zero-order chi connectivity index (χ0) is 15.0. The molecule has 0 spiro atoms. The fourth-order valence-corrected chi connectivity index (χ4v) is 2.89. The topological polar surface area (TPSA) is 46.5 Å². The fourth-order valence-electron chi connectivity index (χ4n) is 2.71. The van der Waals surface area contributed by atoms with Crippen molar-refractivity contribution < 1.29 is 0 Å². The summed E-state index contributed by atoms with van der Waals surface area (Å²) < 4.78 is 2.22. The molecule has 0 bridgehead atoms. The van der Waals surface area contributed by atoms with Gasteiger partial charge in [0.05, 0.1) is 17.4 Å². The van der Waals surface area contributed by atoms with E-state index >= 15 is 0 Å². The van der Waals surface area contributed by atoms with E-state index < -0.39 is 0 Å². The van der Waals surface area contributed by atoms with E-state index in [1.54, 1.807) is 0 Å². The first-order valence-electron chi connectivity index (χ1n) is 7.29. The van der Waals surface area contributed by atoms with Gasteiger partial charge < -0.3 is 4.57 Å². The van der Waals surface area contributed by atoms with Crippen LogP contribution in [0.15, 0.2) is 18.3 Å². The third-order valence-corrected chi connectivity index (χ3v) is 4.31. The van der Waals surface area contributed by atoms with E-state index in [9.17, 15) is 0 Å². The van der Waals surface area contributed by atoms with Gasteiger partial charge in [0, 0.05) is 17.5 Å². The lowest BCUT2D eigenvalue weighted by Gasteiger charge is -2.12. The first-order chi connectivity index (χ1) is 10.1. The molecule has 0 saturated carbocycles. The van der Waals surface area contributed by atoms with Crippen LogP contribution in [0.25, 0.3) is 22.3 Å². The number of rotatable bonds is 4. The highest BCUT2D eigenvalue weighted by atomic mass is 35.5. The van der Waals surface area contributed by atoms with Crippen molar-refractivity contribution in [3.05, 3.63) is 34.7 Å². The maximum absolute atomic E-state index is 6.29. The number of hydrogen-bond acceptors (Lipinski definition) is 2. The number of halogens is 1. The zero-order valence-corrected chi connectivity index (χ0v) is 13.3. The minimum Gasteiger partial charge on any atom is -0.327 e. The maximum Gasteiger partial charge on any atom is 0.150 e. The maximum atomic E-state index is 6.29. The average molecular weight is 303 g/mol. The SMILES string of the molecule is CCCCn1c(-c2c(C)ccc3[nH]ncc23)nc(Cl)c1C. The molecule has 0 aliphatic carbocycles. The Morgan fingerprint density at radius 2 is 2.10 bits per heavy atom. The van der Waals surface area contributed by atoms with Crippen LogP contribution in [0.2, 0.25) is 5.15 Å². The van der Waals surface area contributed by atoms with Crippen LogP contribution >= 0.6 is 11.6 Å². The van der Waals surface area contributed by atoms with Gasteiger partial charge in [-0.3, -0.25) is 5.10 Å². The molecule has 5 heteroatoms. The minimum atomic E-state index is 0.584. The Kier molecular flexibility index (Phi) is 3.72. The van der Waals surface area contributed by atoms with E-state index in [2.05, 4.69) is 45.7 Å². The van der Waals surface area contributed by atoms with E-state index in [-0.39, 0.29) is 0 Å². The summed E-state index contributed by atoms with van der Waals surface area (Å²) in [4.78, 5) is 4.61. The number of aromatic nitrogens is 4. The van der Waals surface area contributed by atoms with Gasteiger partial charge in [-0.1, -0.05) is 31.0 Å². The standard InChI is InChI=1S/C16H19ClN4/c1-4-5-8-21-11(3)15(17)19-16(21)14-10(2)6-7-13-12(14)9-18-20-13/h6-7,9H,4-5,8H2,1-3H3,(H,18,20). The predicted octanol–water partition coefficient (Wildman–Crippen LogP) is 4.50. The number of fused-ring (bicyclic) bond motifs is 1. The number of aryl methyl sites for hydroxylation is 1. The second kappa shape index (κ2) is 5.53. The summed E-state index contributed by atoms with van der Waals surface area (Å²) in [5.74, 6) is 0.940. The van der Waals surface area contributed by atoms with Crippen LogP contribution in [-0.2, 0) is 6.54 Å². The van der Waals surface area contributed by atoms with Crippen LogP contribution in [0.4, 0.5) is 0 Å². The van der Waals surface area contributed by atoms with Crippen molar-refractivity contribution in [3.8, 4) is 11.4 Å². The van der Waals surface area contributed by atoms with Crippen LogP contribution in [0.1, 0.15) is 31.0 Å². The fraction of sp³-hybridized carbons (Fsp3) is 0.375. The first kappa shape index (κ1) is 14.1. The van der Waals surface area contributed by atoms with E-state index in [0.717, 1.165) is 47.4 Å². The van der Waals surface area contributed by atoms with Gasteiger partial charge >= 0.3 is 0 Å². The predicted molar refractivity (Wildman–Crippen MR) is 86.7 cm³/mol. The van der Waals surface area contributed by atoms with E-state index in [4.69, 9.17) is 11.6 Å². The Morgan fingerprint density at radius 3 is 2.86 bits per heavy atom. The summed E-state index contributed by atoms with van der Waals surface area (Å²) in [5.41, 5.74) is 4.35. The normalized spacial score (nSPS) is 11.4. The molecule has 0 saturated heterocycles. The second-order valence-electron chi connectivity index (χ2n) is 5.41. The lowest BCUT2D eigenvalue weighted by atomic mass is 10.0. The minimum absolute atomic E-state index is 0.584. The molecule has 1 N–H and O–H groups in total. The highest BCUT2D eigenvalue weighted by molar-refractivity contribution is 6.30. The quantitative estimate of drug-likeness (QED) is 0.771. The number of H-pyrrole nitrogens is 1. The molecule has 110 valence electrons. The van der Waals surface area contributed by atoms with Gasteiger partial charge in [0.2, 0.25) is 0 Å². The highest BCUT2D eigenvalue weighted by Gasteiger charge is 2.18. The zero-order valence-electron chi connectivity index (χ0n) is 12.6. The molecule has 0 radical (unpaired) electrons. The summed E-state index contributed by atoms with van der Waals surface area (Å²) in [7, 11) is 0. The molecule has 3 aromatic rings. The largest absolute Gasteiger partial charge is 0.327 e. The van der Waals surface area contributed by atoms with Gasteiger partial charge in [-0.05, 0) is 31.9 Å². The Bertz CT molecular complexity index is 785. The number of hydrogen-bond donors (Lipinski definition) is 1. The number of nitrogens with zero attached hydrogens (tertiary/aromatic N) is 3. The van der Waals surface area contributed by atoms with Gasteiger partial charge in [-0.15, -0.1) is 0 Å². The van der Waals surface area contributed by atoms with Crippen LogP contribution in [0.3, 0.4) is 0 Å². The lowest BCUT2D eigenvalue weighted by Crippen LogP contribution is -2.03. The molecule has 4 nitrogen and oxygen atoms in total. The van der Waals surface area contributed by atoms with Gasteiger partial charge in [-0.25, -0.2) is 4.98 Å². The van der Waals surface area contributed by atoms with Crippen LogP contribution in [-0.4, -0.2) is 19.7 Å². The Morgan fingerprint density at radius 1 is 1.29 bits per heavy atom. The average Bonchev–Trinajstić information content (AvgIpc) is 3.03. The summed E-state index contributed by atoms with van der Waals surface area (Å²) in [6.07, 6.45) is 4.12. The smallest absolute Gasteiger partial charge is 0.150 e. The summed E-state index contributed by atoms with van der Waals surface area (Å²) in [6.45, 7) is 7.25. The molecular weight excluding hydrogens is 284 g/mol. The number of imidazole rings is 1.